The van der Waals surface area contributed by atoms with Crippen LogP contribution in [0, 0.1) is 5.92 Å². The third-order valence-electron chi connectivity index (χ3n) is 5.29. The SMILES string of the molecule is C[C@H](C(=O)NC1CCCCC1)N1CCC[C@H](C(=O)Nc2nncs2)C1. The van der Waals surface area contributed by atoms with Gasteiger partial charge in [0.2, 0.25) is 16.9 Å². The highest BCUT2D eigenvalue weighted by Gasteiger charge is 2.31. The summed E-state index contributed by atoms with van der Waals surface area (Å²) in [5, 5.41) is 14.1. The van der Waals surface area contributed by atoms with Gasteiger partial charge in [-0.15, -0.1) is 10.2 Å². The molecule has 1 saturated heterocycles. The maximum absolute atomic E-state index is 12.6. The summed E-state index contributed by atoms with van der Waals surface area (Å²) in [6, 6.07) is 0.129. The third-order valence-corrected chi connectivity index (χ3v) is 5.90. The van der Waals surface area contributed by atoms with Gasteiger partial charge in [0, 0.05) is 12.6 Å². The number of hydrogen-bond acceptors (Lipinski definition) is 6. The molecule has 138 valence electrons. The largest absolute Gasteiger partial charge is 0.352 e. The van der Waals surface area contributed by atoms with Crippen molar-refractivity contribution < 1.29 is 9.59 Å². The number of nitrogens with one attached hydrogen (secondary N) is 2. The van der Waals surface area contributed by atoms with Gasteiger partial charge in [0.25, 0.3) is 0 Å². The van der Waals surface area contributed by atoms with E-state index in [1.54, 1.807) is 5.51 Å². The van der Waals surface area contributed by atoms with E-state index in [2.05, 4.69) is 25.7 Å². The first-order chi connectivity index (χ1) is 12.1. The van der Waals surface area contributed by atoms with Crippen LogP contribution >= 0.6 is 11.3 Å². The van der Waals surface area contributed by atoms with Gasteiger partial charge in [-0.25, -0.2) is 0 Å². The van der Waals surface area contributed by atoms with Crippen molar-refractivity contribution in [2.75, 3.05) is 18.4 Å². The van der Waals surface area contributed by atoms with E-state index in [0.717, 1.165) is 32.2 Å². The Hall–Kier alpha value is -1.54. The molecule has 2 heterocycles. The molecule has 1 aromatic rings. The first kappa shape index (κ1) is 18.3. The number of anilines is 1. The molecule has 0 bridgehead atoms. The summed E-state index contributed by atoms with van der Waals surface area (Å²) >= 11 is 1.31. The minimum atomic E-state index is -0.195. The van der Waals surface area contributed by atoms with Gasteiger partial charge in [-0.3, -0.25) is 14.5 Å². The minimum absolute atomic E-state index is 0.0265. The lowest BCUT2D eigenvalue weighted by molar-refractivity contribution is -0.129. The number of rotatable bonds is 5. The van der Waals surface area contributed by atoms with E-state index in [0.29, 0.717) is 17.7 Å². The zero-order chi connectivity index (χ0) is 17.6. The van der Waals surface area contributed by atoms with Crippen LogP contribution in [0.3, 0.4) is 0 Å². The van der Waals surface area contributed by atoms with Gasteiger partial charge in [0.05, 0.1) is 12.0 Å². The van der Waals surface area contributed by atoms with Crippen LogP contribution in [-0.4, -0.2) is 52.1 Å². The molecule has 0 aromatic carbocycles. The lowest BCUT2D eigenvalue weighted by Gasteiger charge is -2.36. The van der Waals surface area contributed by atoms with Gasteiger partial charge < -0.3 is 10.6 Å². The van der Waals surface area contributed by atoms with E-state index < -0.39 is 0 Å². The van der Waals surface area contributed by atoms with Crippen molar-refractivity contribution in [2.24, 2.45) is 5.92 Å². The Balaban J connectivity index is 1.51. The van der Waals surface area contributed by atoms with Crippen LogP contribution in [0.1, 0.15) is 51.9 Å². The molecule has 1 saturated carbocycles. The molecule has 0 radical (unpaired) electrons. The summed E-state index contributed by atoms with van der Waals surface area (Å²) in [5.41, 5.74) is 1.60. The van der Waals surface area contributed by atoms with Crippen LogP contribution < -0.4 is 10.6 Å². The number of nitrogens with zero attached hydrogens (tertiary/aromatic N) is 3. The van der Waals surface area contributed by atoms with Crippen molar-refractivity contribution in [1.82, 2.24) is 20.4 Å². The molecule has 1 aromatic heterocycles. The third kappa shape index (κ3) is 4.98. The van der Waals surface area contributed by atoms with Gasteiger partial charge in [-0.1, -0.05) is 30.6 Å². The Kier molecular flexibility index (Phi) is 6.36. The van der Waals surface area contributed by atoms with E-state index in [9.17, 15) is 9.59 Å². The number of carbonyl (C=O) groups excluding carboxylic acids is 2. The minimum Gasteiger partial charge on any atom is -0.352 e. The second kappa shape index (κ2) is 8.71. The van der Waals surface area contributed by atoms with Gasteiger partial charge in [0.15, 0.2) is 0 Å². The molecular weight excluding hydrogens is 338 g/mol. The van der Waals surface area contributed by atoms with E-state index >= 15 is 0 Å². The summed E-state index contributed by atoms with van der Waals surface area (Å²) in [6.45, 7) is 3.43. The molecule has 3 rings (SSSR count). The van der Waals surface area contributed by atoms with E-state index in [1.165, 1.54) is 30.6 Å². The van der Waals surface area contributed by atoms with Crippen LogP contribution in [0.2, 0.25) is 0 Å². The summed E-state index contributed by atoms with van der Waals surface area (Å²) in [7, 11) is 0. The zero-order valence-electron chi connectivity index (χ0n) is 14.7. The molecule has 2 amide bonds. The van der Waals surface area contributed by atoms with E-state index in [-0.39, 0.29) is 23.8 Å². The zero-order valence-corrected chi connectivity index (χ0v) is 15.6. The lowest BCUT2D eigenvalue weighted by Crippen LogP contribution is -2.52. The van der Waals surface area contributed by atoms with Gasteiger partial charge >= 0.3 is 0 Å². The number of piperidine rings is 1. The van der Waals surface area contributed by atoms with Crippen molar-refractivity contribution in [2.45, 2.75) is 64.0 Å². The second-order valence-corrected chi connectivity index (χ2v) is 7.92. The Labute approximate surface area is 152 Å². The first-order valence-corrected chi connectivity index (χ1v) is 10.1. The van der Waals surface area contributed by atoms with Crippen molar-refractivity contribution in [3.63, 3.8) is 0 Å². The molecule has 0 unspecified atom stereocenters. The normalized spacial score (nSPS) is 23.8. The number of carbonyl (C=O) groups is 2. The molecule has 2 N–H and O–H groups in total. The summed E-state index contributed by atoms with van der Waals surface area (Å²) in [5.74, 6) is -0.0407. The van der Waals surface area contributed by atoms with Crippen molar-refractivity contribution in [3.05, 3.63) is 5.51 Å². The molecule has 2 aliphatic rings. The average Bonchev–Trinajstić information content (AvgIpc) is 3.15. The molecule has 1 aliphatic carbocycles. The number of aromatic nitrogens is 2. The van der Waals surface area contributed by atoms with Crippen molar-refractivity contribution >= 4 is 28.3 Å². The highest BCUT2D eigenvalue weighted by atomic mass is 32.1. The quantitative estimate of drug-likeness (QED) is 0.834. The predicted molar refractivity (Wildman–Crippen MR) is 97.3 cm³/mol. The van der Waals surface area contributed by atoms with Crippen LogP contribution in [0.5, 0.6) is 0 Å². The highest BCUT2D eigenvalue weighted by Crippen LogP contribution is 2.22. The summed E-state index contributed by atoms with van der Waals surface area (Å²) in [6.07, 6.45) is 7.64. The smallest absolute Gasteiger partial charge is 0.237 e. The van der Waals surface area contributed by atoms with Crippen molar-refractivity contribution in [3.8, 4) is 0 Å². The standard InChI is InChI=1S/C17H27N5O2S/c1-12(15(23)19-14-7-3-2-4-8-14)22-9-5-6-13(10-22)16(24)20-17-21-18-11-25-17/h11-14H,2-10H2,1H3,(H,19,23)(H,20,21,24)/t12-,13+/m1/s1. The van der Waals surface area contributed by atoms with Gasteiger partial charge in [-0.05, 0) is 39.2 Å². The number of hydrogen-bond donors (Lipinski definition) is 2. The van der Waals surface area contributed by atoms with Crippen LogP contribution in [0.4, 0.5) is 5.13 Å². The fourth-order valence-corrected chi connectivity index (χ4v) is 4.19. The monoisotopic (exact) mass is 365 g/mol. The Bertz CT molecular complexity index is 574. The Morgan fingerprint density at radius 2 is 2.04 bits per heavy atom. The molecule has 7 nitrogen and oxygen atoms in total. The molecule has 8 heteroatoms. The molecule has 0 spiro atoms. The molecule has 2 atom stereocenters. The average molecular weight is 366 g/mol. The topological polar surface area (TPSA) is 87.2 Å². The Morgan fingerprint density at radius 1 is 1.24 bits per heavy atom. The molecular formula is C17H27N5O2S. The molecule has 25 heavy (non-hydrogen) atoms. The molecule has 1 aliphatic heterocycles. The number of amides is 2. The maximum Gasteiger partial charge on any atom is 0.237 e. The first-order valence-electron chi connectivity index (χ1n) is 9.25. The van der Waals surface area contributed by atoms with E-state index in [1.807, 2.05) is 6.92 Å². The van der Waals surface area contributed by atoms with Crippen molar-refractivity contribution in [1.29, 1.82) is 0 Å². The second-order valence-electron chi connectivity index (χ2n) is 7.09. The Morgan fingerprint density at radius 3 is 2.76 bits per heavy atom. The highest BCUT2D eigenvalue weighted by molar-refractivity contribution is 7.13. The summed E-state index contributed by atoms with van der Waals surface area (Å²) in [4.78, 5) is 27.1. The fourth-order valence-electron chi connectivity index (χ4n) is 3.74. The summed E-state index contributed by atoms with van der Waals surface area (Å²) < 4.78 is 0. The molecule has 2 fully saturated rings. The van der Waals surface area contributed by atoms with E-state index in [4.69, 9.17) is 0 Å². The van der Waals surface area contributed by atoms with Gasteiger partial charge in [-0.2, -0.15) is 0 Å². The van der Waals surface area contributed by atoms with Crippen LogP contribution in [0.25, 0.3) is 0 Å². The maximum atomic E-state index is 12.6. The van der Waals surface area contributed by atoms with Crippen LogP contribution in [-0.2, 0) is 9.59 Å². The lowest BCUT2D eigenvalue weighted by atomic mass is 9.94. The number of likely N-dealkylation sites (tertiary alicyclic amines) is 1. The van der Waals surface area contributed by atoms with Gasteiger partial charge in [0.1, 0.15) is 5.51 Å². The van der Waals surface area contributed by atoms with Crippen LogP contribution in [0.15, 0.2) is 5.51 Å². The predicted octanol–water partition coefficient (Wildman–Crippen LogP) is 2.03. The fraction of sp³-hybridized carbons (Fsp3) is 0.765.